The molecule has 0 aliphatic heterocycles. The van der Waals surface area contributed by atoms with E-state index in [1.54, 1.807) is 36.4 Å². The lowest BCUT2D eigenvalue weighted by atomic mass is 10.1. The van der Waals surface area contributed by atoms with Crippen LogP contribution in [0.3, 0.4) is 0 Å². The number of hydrogen-bond donors (Lipinski definition) is 1. The summed E-state index contributed by atoms with van der Waals surface area (Å²) in [5.74, 6) is 0.150. The van der Waals surface area contributed by atoms with Crippen molar-refractivity contribution in [2.24, 2.45) is 0 Å². The minimum absolute atomic E-state index is 0.00958. The van der Waals surface area contributed by atoms with E-state index >= 15 is 0 Å². The van der Waals surface area contributed by atoms with Gasteiger partial charge < -0.3 is 9.73 Å². The van der Waals surface area contributed by atoms with Crippen LogP contribution in [0.1, 0.15) is 11.3 Å². The van der Waals surface area contributed by atoms with E-state index in [1.165, 1.54) is 12.3 Å². The second-order valence-electron chi connectivity index (χ2n) is 3.95. The van der Waals surface area contributed by atoms with Gasteiger partial charge in [0.15, 0.2) is 0 Å². The maximum Gasteiger partial charge on any atom is 0.262 e. The van der Waals surface area contributed by atoms with Gasteiger partial charge in [0, 0.05) is 5.02 Å². The summed E-state index contributed by atoms with van der Waals surface area (Å²) < 4.78 is 5.10. The third-order valence-electron chi connectivity index (χ3n) is 2.57. The molecule has 0 aliphatic rings. The molecule has 0 unspecified atom stereocenters. The first-order valence-electron chi connectivity index (χ1n) is 5.87. The molecular weight excluding hydrogens is 276 g/mol. The van der Waals surface area contributed by atoms with E-state index in [4.69, 9.17) is 21.3 Å². The Balaban J connectivity index is 2.10. The summed E-state index contributed by atoms with van der Waals surface area (Å²) >= 11 is 5.99. The number of nitrogens with one attached hydrogen (secondary N) is 1. The molecule has 0 aliphatic carbocycles. The summed E-state index contributed by atoms with van der Waals surface area (Å²) in [6.07, 6.45) is 2.98. The highest BCUT2D eigenvalue weighted by atomic mass is 35.5. The molecule has 2 aromatic rings. The van der Waals surface area contributed by atoms with Gasteiger partial charge in [-0.25, -0.2) is 0 Å². The molecule has 0 radical (unpaired) electrons. The van der Waals surface area contributed by atoms with Crippen molar-refractivity contribution in [1.29, 1.82) is 5.26 Å². The SMILES string of the molecule is N#CC(=Cc1ccccc1Cl)C(=O)NCc1ccco1. The lowest BCUT2D eigenvalue weighted by Crippen LogP contribution is -2.23. The highest BCUT2D eigenvalue weighted by Crippen LogP contribution is 2.18. The summed E-state index contributed by atoms with van der Waals surface area (Å²) in [6.45, 7) is 0.230. The molecule has 100 valence electrons. The van der Waals surface area contributed by atoms with Crippen molar-refractivity contribution >= 4 is 23.6 Å². The van der Waals surface area contributed by atoms with Crippen LogP contribution < -0.4 is 5.32 Å². The van der Waals surface area contributed by atoms with Crippen molar-refractivity contribution in [2.75, 3.05) is 0 Å². The van der Waals surface area contributed by atoms with Gasteiger partial charge in [-0.05, 0) is 29.8 Å². The predicted molar refractivity (Wildman–Crippen MR) is 75.6 cm³/mol. The molecule has 1 heterocycles. The molecule has 0 spiro atoms. The number of benzene rings is 1. The molecule has 0 bridgehead atoms. The number of nitrogens with zero attached hydrogens (tertiary/aromatic N) is 1. The fourth-order valence-electron chi connectivity index (χ4n) is 1.57. The molecule has 20 heavy (non-hydrogen) atoms. The first-order chi connectivity index (χ1) is 9.70. The van der Waals surface area contributed by atoms with Gasteiger partial charge >= 0.3 is 0 Å². The minimum Gasteiger partial charge on any atom is -0.467 e. The zero-order chi connectivity index (χ0) is 14.4. The molecule has 1 amide bonds. The number of furan rings is 1. The Morgan fingerprint density at radius 1 is 1.35 bits per heavy atom. The van der Waals surface area contributed by atoms with Gasteiger partial charge in [0.25, 0.3) is 5.91 Å². The van der Waals surface area contributed by atoms with E-state index in [9.17, 15) is 4.79 Å². The maximum absolute atomic E-state index is 11.9. The molecule has 1 N–H and O–H groups in total. The molecule has 0 saturated heterocycles. The van der Waals surface area contributed by atoms with E-state index in [0.29, 0.717) is 16.3 Å². The number of hydrogen-bond acceptors (Lipinski definition) is 3. The van der Waals surface area contributed by atoms with Crippen LogP contribution in [-0.4, -0.2) is 5.91 Å². The Labute approximate surface area is 121 Å². The van der Waals surface area contributed by atoms with E-state index in [0.717, 1.165) is 0 Å². The standard InChI is InChI=1S/C15H11ClN2O2/c16-14-6-2-1-4-11(14)8-12(9-17)15(19)18-10-13-5-3-7-20-13/h1-8H,10H2,(H,18,19). The molecule has 0 fully saturated rings. The topological polar surface area (TPSA) is 66.0 Å². The number of carbonyl (C=O) groups excluding carboxylic acids is 1. The molecule has 5 heteroatoms. The fourth-order valence-corrected chi connectivity index (χ4v) is 1.76. The molecule has 0 saturated carbocycles. The lowest BCUT2D eigenvalue weighted by Gasteiger charge is -2.03. The van der Waals surface area contributed by atoms with Crippen molar-refractivity contribution in [3.63, 3.8) is 0 Å². The van der Waals surface area contributed by atoms with Gasteiger partial charge in [-0.2, -0.15) is 5.26 Å². The van der Waals surface area contributed by atoms with Crippen LogP contribution in [0.25, 0.3) is 6.08 Å². The van der Waals surface area contributed by atoms with E-state index < -0.39 is 5.91 Å². The smallest absolute Gasteiger partial charge is 0.262 e. The molecule has 4 nitrogen and oxygen atoms in total. The Bertz CT molecular complexity index is 669. The summed E-state index contributed by atoms with van der Waals surface area (Å²) in [4.78, 5) is 11.9. The summed E-state index contributed by atoms with van der Waals surface area (Å²) in [5.41, 5.74) is 0.614. The van der Waals surface area contributed by atoms with Crippen LogP contribution >= 0.6 is 11.6 Å². The van der Waals surface area contributed by atoms with Crippen LogP contribution in [0.5, 0.6) is 0 Å². The van der Waals surface area contributed by atoms with Crippen molar-refractivity contribution in [2.45, 2.75) is 6.54 Å². The number of rotatable bonds is 4. The second kappa shape index (κ2) is 6.60. The number of halogens is 1. The number of carbonyl (C=O) groups is 1. The van der Waals surface area contributed by atoms with E-state index in [2.05, 4.69) is 5.32 Å². The van der Waals surface area contributed by atoms with Crippen LogP contribution in [-0.2, 0) is 11.3 Å². The molecule has 1 aromatic heterocycles. The Morgan fingerprint density at radius 3 is 2.80 bits per heavy atom. The van der Waals surface area contributed by atoms with Crippen molar-refractivity contribution < 1.29 is 9.21 Å². The van der Waals surface area contributed by atoms with E-state index in [-0.39, 0.29) is 12.1 Å². The molecule has 0 atom stereocenters. The third-order valence-corrected chi connectivity index (χ3v) is 2.92. The largest absolute Gasteiger partial charge is 0.467 e. The quantitative estimate of drug-likeness (QED) is 0.693. The Kier molecular flexibility index (Phi) is 4.59. The summed E-state index contributed by atoms with van der Waals surface area (Å²) in [5, 5.41) is 12.2. The summed E-state index contributed by atoms with van der Waals surface area (Å²) in [7, 11) is 0. The van der Waals surface area contributed by atoms with Gasteiger partial charge in [-0.3, -0.25) is 4.79 Å². The maximum atomic E-state index is 11.9. The zero-order valence-corrected chi connectivity index (χ0v) is 11.2. The van der Waals surface area contributed by atoms with Gasteiger partial charge in [-0.15, -0.1) is 0 Å². The highest BCUT2D eigenvalue weighted by Gasteiger charge is 2.10. The Morgan fingerprint density at radius 2 is 2.15 bits per heavy atom. The van der Waals surface area contributed by atoms with Gasteiger partial charge in [0.2, 0.25) is 0 Å². The van der Waals surface area contributed by atoms with Gasteiger partial charge in [-0.1, -0.05) is 29.8 Å². The molecule has 2 rings (SSSR count). The van der Waals surface area contributed by atoms with Crippen LogP contribution in [0.2, 0.25) is 5.02 Å². The lowest BCUT2D eigenvalue weighted by molar-refractivity contribution is -0.117. The normalized spacial score (nSPS) is 10.9. The number of amides is 1. The number of nitriles is 1. The van der Waals surface area contributed by atoms with Crippen LogP contribution in [0.15, 0.2) is 52.7 Å². The van der Waals surface area contributed by atoms with Crippen LogP contribution in [0, 0.1) is 11.3 Å². The van der Waals surface area contributed by atoms with Crippen molar-refractivity contribution in [3.8, 4) is 6.07 Å². The Hall–Kier alpha value is -2.51. The average molecular weight is 287 g/mol. The van der Waals surface area contributed by atoms with Crippen LogP contribution in [0.4, 0.5) is 0 Å². The van der Waals surface area contributed by atoms with Crippen molar-refractivity contribution in [3.05, 3.63) is 64.6 Å². The summed E-state index contributed by atoms with van der Waals surface area (Å²) in [6, 6.07) is 12.3. The first kappa shape index (κ1) is 13.9. The van der Waals surface area contributed by atoms with Crippen molar-refractivity contribution in [1.82, 2.24) is 5.32 Å². The third kappa shape index (κ3) is 3.50. The highest BCUT2D eigenvalue weighted by molar-refractivity contribution is 6.32. The first-order valence-corrected chi connectivity index (χ1v) is 6.25. The molecular formula is C15H11ClN2O2. The van der Waals surface area contributed by atoms with Gasteiger partial charge in [0.05, 0.1) is 12.8 Å². The molecule has 1 aromatic carbocycles. The van der Waals surface area contributed by atoms with Gasteiger partial charge in [0.1, 0.15) is 17.4 Å². The zero-order valence-electron chi connectivity index (χ0n) is 10.5. The average Bonchev–Trinajstić information content (AvgIpc) is 2.97. The monoisotopic (exact) mass is 286 g/mol. The fraction of sp³-hybridized carbons (Fsp3) is 0.0667. The minimum atomic E-state index is -0.469. The van der Waals surface area contributed by atoms with E-state index in [1.807, 2.05) is 6.07 Å². The second-order valence-corrected chi connectivity index (χ2v) is 4.36. The predicted octanol–water partition coefficient (Wildman–Crippen LogP) is 3.16.